The molecule has 0 spiro atoms. The fraction of sp³-hybridized carbons (Fsp3) is 0.188. The van der Waals surface area contributed by atoms with E-state index in [1.165, 1.54) is 4.90 Å². The molecule has 0 radical (unpaired) electrons. The normalized spacial score (nSPS) is 11.5. The first-order valence-corrected chi connectivity index (χ1v) is 7.74. The van der Waals surface area contributed by atoms with Gasteiger partial charge < -0.3 is 16.3 Å². The highest BCUT2D eigenvalue weighted by Gasteiger charge is 2.05. The molecule has 0 aromatic heterocycles. The molecule has 0 saturated carbocycles. The molecule has 0 saturated heterocycles. The van der Waals surface area contributed by atoms with Crippen LogP contribution in [0.5, 0.6) is 0 Å². The van der Waals surface area contributed by atoms with E-state index in [9.17, 15) is 0 Å². The van der Waals surface area contributed by atoms with E-state index in [2.05, 4.69) is 22.6 Å². The van der Waals surface area contributed by atoms with Gasteiger partial charge in [-0.15, -0.1) is 11.8 Å². The van der Waals surface area contributed by atoms with E-state index in [0.29, 0.717) is 6.54 Å². The molecule has 0 aliphatic rings. The highest BCUT2D eigenvalue weighted by atomic mass is 32.2. The van der Waals surface area contributed by atoms with Gasteiger partial charge in [0.15, 0.2) is 5.84 Å². The molecule has 21 heavy (non-hydrogen) atoms. The average Bonchev–Trinajstić information content (AvgIpc) is 2.55. The Balaban J connectivity index is 1.79. The third-order valence-corrected chi connectivity index (χ3v) is 4.02. The van der Waals surface area contributed by atoms with Crippen molar-refractivity contribution in [3.8, 4) is 0 Å². The lowest BCUT2D eigenvalue weighted by molar-refractivity contribution is 0.318. The number of amidine groups is 1. The highest BCUT2D eigenvalue weighted by Crippen LogP contribution is 2.16. The second kappa shape index (κ2) is 8.34. The van der Waals surface area contributed by atoms with E-state index < -0.39 is 0 Å². The summed E-state index contributed by atoms with van der Waals surface area (Å²) in [5.74, 6) is 1.14. The van der Waals surface area contributed by atoms with E-state index in [4.69, 9.17) is 10.9 Å². The predicted molar refractivity (Wildman–Crippen MR) is 87.8 cm³/mol. The molecule has 2 rings (SSSR count). The summed E-state index contributed by atoms with van der Waals surface area (Å²) >= 11 is 1.82. The number of nitrogens with two attached hydrogens (primary N) is 1. The zero-order valence-corrected chi connectivity index (χ0v) is 12.5. The summed E-state index contributed by atoms with van der Waals surface area (Å²) in [6.07, 6.45) is 0. The maximum atomic E-state index is 8.79. The Labute approximate surface area is 129 Å². The molecular weight excluding hydrogens is 282 g/mol. The smallest absolute Gasteiger partial charge is 0.170 e. The molecule has 2 aromatic rings. The molecule has 0 fully saturated rings. The zero-order chi connectivity index (χ0) is 14.9. The molecule has 4 nitrogen and oxygen atoms in total. The fourth-order valence-electron chi connectivity index (χ4n) is 1.96. The number of thioether (sulfide) groups is 1. The van der Waals surface area contributed by atoms with Gasteiger partial charge in [0.05, 0.1) is 0 Å². The standard InChI is InChI=1S/C16H19N3OS/c17-16(19-20)15-9-5-4-6-13(15)12-18-10-11-21-14-7-2-1-3-8-14/h1-9,18,20H,10-12H2,(H2,17,19). The van der Waals surface area contributed by atoms with Gasteiger partial charge in [-0.2, -0.15) is 0 Å². The van der Waals surface area contributed by atoms with E-state index in [1.54, 1.807) is 0 Å². The summed E-state index contributed by atoms with van der Waals surface area (Å²) in [7, 11) is 0. The van der Waals surface area contributed by atoms with Crippen molar-refractivity contribution in [1.82, 2.24) is 5.32 Å². The van der Waals surface area contributed by atoms with Gasteiger partial charge in [-0.25, -0.2) is 0 Å². The van der Waals surface area contributed by atoms with Crippen LogP contribution in [0.15, 0.2) is 64.6 Å². The molecule has 0 heterocycles. The molecule has 0 unspecified atom stereocenters. The second-order valence-corrected chi connectivity index (χ2v) is 5.65. The van der Waals surface area contributed by atoms with Gasteiger partial charge in [-0.1, -0.05) is 47.6 Å². The third kappa shape index (κ3) is 4.81. The molecule has 0 atom stereocenters. The number of rotatable bonds is 7. The van der Waals surface area contributed by atoms with Gasteiger partial charge >= 0.3 is 0 Å². The van der Waals surface area contributed by atoms with E-state index in [-0.39, 0.29) is 5.84 Å². The van der Waals surface area contributed by atoms with Crippen LogP contribution in [-0.4, -0.2) is 23.3 Å². The van der Waals surface area contributed by atoms with Crippen LogP contribution in [0.3, 0.4) is 0 Å². The number of hydrogen-bond donors (Lipinski definition) is 3. The Morgan fingerprint density at radius 3 is 2.57 bits per heavy atom. The van der Waals surface area contributed by atoms with Crippen molar-refractivity contribution < 1.29 is 5.21 Å². The molecule has 0 bridgehead atoms. The van der Waals surface area contributed by atoms with Crippen molar-refractivity contribution in [3.05, 3.63) is 65.7 Å². The number of nitrogens with one attached hydrogen (secondary N) is 1. The quantitative estimate of drug-likeness (QED) is 0.184. The Bertz CT molecular complexity index is 587. The molecule has 0 aliphatic heterocycles. The highest BCUT2D eigenvalue weighted by molar-refractivity contribution is 7.99. The van der Waals surface area contributed by atoms with Gasteiger partial charge in [-0.05, 0) is 17.7 Å². The largest absolute Gasteiger partial charge is 0.409 e. The lowest BCUT2D eigenvalue weighted by atomic mass is 10.1. The first kappa shape index (κ1) is 15.4. The average molecular weight is 301 g/mol. The maximum Gasteiger partial charge on any atom is 0.170 e. The number of hydrogen-bond acceptors (Lipinski definition) is 4. The van der Waals surface area contributed by atoms with E-state index >= 15 is 0 Å². The number of nitrogens with zero attached hydrogens (tertiary/aromatic N) is 1. The van der Waals surface area contributed by atoms with Gasteiger partial charge in [0.1, 0.15) is 0 Å². The molecule has 110 valence electrons. The topological polar surface area (TPSA) is 70.6 Å². The lowest BCUT2D eigenvalue weighted by Crippen LogP contribution is -2.21. The van der Waals surface area contributed by atoms with Gasteiger partial charge in [-0.3, -0.25) is 0 Å². The third-order valence-electron chi connectivity index (χ3n) is 3.01. The van der Waals surface area contributed by atoms with E-state index in [0.717, 1.165) is 23.4 Å². The summed E-state index contributed by atoms with van der Waals surface area (Å²) in [4.78, 5) is 1.27. The Morgan fingerprint density at radius 1 is 1.10 bits per heavy atom. The SMILES string of the molecule is NC(=NO)c1ccccc1CNCCSc1ccccc1. The molecule has 5 heteroatoms. The number of benzene rings is 2. The summed E-state index contributed by atoms with van der Waals surface area (Å²) in [6.45, 7) is 1.59. The summed E-state index contributed by atoms with van der Waals surface area (Å²) in [5.41, 5.74) is 7.46. The summed E-state index contributed by atoms with van der Waals surface area (Å²) < 4.78 is 0. The summed E-state index contributed by atoms with van der Waals surface area (Å²) in [5, 5.41) is 15.2. The molecule has 2 aromatic carbocycles. The van der Waals surface area contributed by atoms with Gasteiger partial charge in [0.25, 0.3) is 0 Å². The van der Waals surface area contributed by atoms with Gasteiger partial charge in [0.2, 0.25) is 0 Å². The summed E-state index contributed by atoms with van der Waals surface area (Å²) in [6, 6.07) is 18.0. The van der Waals surface area contributed by atoms with Gasteiger partial charge in [0, 0.05) is 29.3 Å². The first-order valence-electron chi connectivity index (χ1n) is 6.75. The van der Waals surface area contributed by atoms with Crippen molar-refractivity contribution in [3.63, 3.8) is 0 Å². The van der Waals surface area contributed by atoms with Crippen molar-refractivity contribution in [2.75, 3.05) is 12.3 Å². The Kier molecular flexibility index (Phi) is 6.12. The molecule has 0 amide bonds. The first-order chi connectivity index (χ1) is 10.3. The van der Waals surface area contributed by atoms with Crippen LogP contribution in [0.25, 0.3) is 0 Å². The van der Waals surface area contributed by atoms with Crippen LogP contribution in [0.1, 0.15) is 11.1 Å². The van der Waals surface area contributed by atoms with Crippen molar-refractivity contribution in [1.29, 1.82) is 0 Å². The van der Waals surface area contributed by atoms with Crippen LogP contribution >= 0.6 is 11.8 Å². The molecular formula is C16H19N3OS. The minimum atomic E-state index is 0.145. The Hall–Kier alpha value is -1.98. The van der Waals surface area contributed by atoms with Crippen molar-refractivity contribution in [2.45, 2.75) is 11.4 Å². The van der Waals surface area contributed by atoms with Crippen LogP contribution < -0.4 is 11.1 Å². The Morgan fingerprint density at radius 2 is 1.81 bits per heavy atom. The monoisotopic (exact) mass is 301 g/mol. The predicted octanol–water partition coefficient (Wildman–Crippen LogP) is 2.66. The van der Waals surface area contributed by atoms with Crippen LogP contribution in [0.2, 0.25) is 0 Å². The van der Waals surface area contributed by atoms with Crippen molar-refractivity contribution >= 4 is 17.6 Å². The second-order valence-electron chi connectivity index (χ2n) is 4.48. The lowest BCUT2D eigenvalue weighted by Gasteiger charge is -2.09. The molecule has 4 N–H and O–H groups in total. The van der Waals surface area contributed by atoms with Crippen LogP contribution in [-0.2, 0) is 6.54 Å². The minimum Gasteiger partial charge on any atom is -0.409 e. The van der Waals surface area contributed by atoms with Crippen molar-refractivity contribution in [2.24, 2.45) is 10.9 Å². The minimum absolute atomic E-state index is 0.145. The molecule has 0 aliphatic carbocycles. The number of oxime groups is 1. The van der Waals surface area contributed by atoms with E-state index in [1.807, 2.05) is 54.2 Å². The fourth-order valence-corrected chi connectivity index (χ4v) is 2.79. The maximum absolute atomic E-state index is 8.79. The van der Waals surface area contributed by atoms with Crippen LogP contribution in [0, 0.1) is 0 Å². The van der Waals surface area contributed by atoms with Crippen LogP contribution in [0.4, 0.5) is 0 Å². The zero-order valence-electron chi connectivity index (χ0n) is 11.7.